The lowest BCUT2D eigenvalue weighted by atomic mass is 10.2. The highest BCUT2D eigenvalue weighted by atomic mass is 32.2. The summed E-state index contributed by atoms with van der Waals surface area (Å²) >= 11 is 1.35. The topological polar surface area (TPSA) is 78.8 Å². The van der Waals surface area contributed by atoms with Crippen molar-refractivity contribution in [1.29, 1.82) is 0 Å². The van der Waals surface area contributed by atoms with E-state index in [-0.39, 0.29) is 17.0 Å². The standard InChI is InChI=1S/C14H12FN3O3S2/c1-18-12-6-7-22-13(12)11(8-23(18,20)21)16-17-14(19)9-2-4-10(15)5-3-9/h2-7H,8H2,1H3,(H,17,19). The van der Waals surface area contributed by atoms with E-state index in [1.807, 2.05) is 0 Å². The van der Waals surface area contributed by atoms with Crippen molar-refractivity contribution in [3.8, 4) is 0 Å². The first-order valence-corrected chi connectivity index (χ1v) is 9.04. The van der Waals surface area contributed by atoms with Gasteiger partial charge >= 0.3 is 0 Å². The van der Waals surface area contributed by atoms with E-state index in [9.17, 15) is 17.6 Å². The maximum Gasteiger partial charge on any atom is 0.271 e. The first-order valence-electron chi connectivity index (χ1n) is 6.55. The van der Waals surface area contributed by atoms with Gasteiger partial charge in [-0.05, 0) is 35.7 Å². The quantitative estimate of drug-likeness (QED) is 0.836. The zero-order valence-corrected chi connectivity index (χ0v) is 13.6. The number of carbonyl (C=O) groups excluding carboxylic acids is 1. The molecule has 1 N–H and O–H groups in total. The van der Waals surface area contributed by atoms with Crippen molar-refractivity contribution in [1.82, 2.24) is 5.43 Å². The van der Waals surface area contributed by atoms with E-state index in [2.05, 4.69) is 10.5 Å². The van der Waals surface area contributed by atoms with Gasteiger partial charge in [0, 0.05) is 12.6 Å². The summed E-state index contributed by atoms with van der Waals surface area (Å²) in [6.45, 7) is 0. The highest BCUT2D eigenvalue weighted by Crippen LogP contribution is 2.32. The van der Waals surface area contributed by atoms with Gasteiger partial charge in [0.15, 0.2) is 0 Å². The number of fused-ring (bicyclic) bond motifs is 1. The van der Waals surface area contributed by atoms with Crippen molar-refractivity contribution in [2.24, 2.45) is 5.10 Å². The number of benzene rings is 1. The zero-order chi connectivity index (χ0) is 16.6. The fraction of sp³-hybridized carbons (Fsp3) is 0.143. The van der Waals surface area contributed by atoms with Crippen LogP contribution in [-0.2, 0) is 10.0 Å². The van der Waals surface area contributed by atoms with Crippen molar-refractivity contribution in [2.45, 2.75) is 0 Å². The Morgan fingerprint density at radius 2 is 2.00 bits per heavy atom. The molecule has 0 bridgehead atoms. The van der Waals surface area contributed by atoms with Gasteiger partial charge in [0.05, 0.1) is 16.3 Å². The highest BCUT2D eigenvalue weighted by molar-refractivity contribution is 7.93. The Balaban J connectivity index is 1.87. The number of hydrogen-bond donors (Lipinski definition) is 1. The lowest BCUT2D eigenvalue weighted by molar-refractivity contribution is 0.0955. The van der Waals surface area contributed by atoms with Gasteiger partial charge in [0.2, 0.25) is 10.0 Å². The summed E-state index contributed by atoms with van der Waals surface area (Å²) in [5.41, 5.74) is 3.37. The van der Waals surface area contributed by atoms with Gasteiger partial charge in [-0.3, -0.25) is 9.10 Å². The molecular formula is C14H12FN3O3S2. The minimum Gasteiger partial charge on any atom is -0.271 e. The molecule has 0 spiro atoms. The Hall–Kier alpha value is -2.26. The number of nitrogens with zero attached hydrogens (tertiary/aromatic N) is 2. The molecule has 1 aliphatic heterocycles. The van der Waals surface area contributed by atoms with Gasteiger partial charge in [0.25, 0.3) is 5.91 Å². The van der Waals surface area contributed by atoms with Gasteiger partial charge < -0.3 is 0 Å². The monoisotopic (exact) mass is 353 g/mol. The van der Waals surface area contributed by atoms with Crippen LogP contribution in [0.4, 0.5) is 10.1 Å². The molecule has 2 aromatic rings. The molecule has 1 aromatic heterocycles. The first kappa shape index (κ1) is 15.6. The predicted octanol–water partition coefficient (Wildman–Crippen LogP) is 1.80. The minimum absolute atomic E-state index is 0.234. The second-order valence-electron chi connectivity index (χ2n) is 4.87. The van der Waals surface area contributed by atoms with Crippen LogP contribution in [0, 0.1) is 5.82 Å². The number of halogens is 1. The molecule has 3 rings (SSSR count). The van der Waals surface area contributed by atoms with Crippen LogP contribution in [0.3, 0.4) is 0 Å². The van der Waals surface area contributed by atoms with Crippen LogP contribution in [0.5, 0.6) is 0 Å². The average Bonchev–Trinajstić information content (AvgIpc) is 2.99. The van der Waals surface area contributed by atoms with Gasteiger partial charge in [-0.2, -0.15) is 5.10 Å². The van der Waals surface area contributed by atoms with Gasteiger partial charge in [-0.25, -0.2) is 18.2 Å². The molecule has 120 valence electrons. The van der Waals surface area contributed by atoms with Crippen LogP contribution < -0.4 is 9.73 Å². The Morgan fingerprint density at radius 3 is 2.70 bits per heavy atom. The lowest BCUT2D eigenvalue weighted by Crippen LogP contribution is -2.38. The number of hydrogen-bond acceptors (Lipinski definition) is 5. The highest BCUT2D eigenvalue weighted by Gasteiger charge is 2.32. The molecule has 0 unspecified atom stereocenters. The largest absolute Gasteiger partial charge is 0.271 e. The number of rotatable bonds is 2. The van der Waals surface area contributed by atoms with Crippen LogP contribution in [0.1, 0.15) is 15.2 Å². The number of thiophene rings is 1. The minimum atomic E-state index is -3.50. The molecule has 1 aliphatic rings. The molecule has 9 heteroatoms. The third-order valence-corrected chi connectivity index (χ3v) is 6.00. The summed E-state index contributed by atoms with van der Waals surface area (Å²) < 4.78 is 38.3. The molecule has 6 nitrogen and oxygen atoms in total. The summed E-state index contributed by atoms with van der Waals surface area (Å²) in [7, 11) is -2.02. The third-order valence-electron chi connectivity index (χ3n) is 3.38. The second kappa shape index (κ2) is 5.74. The maximum atomic E-state index is 12.8. The lowest BCUT2D eigenvalue weighted by Gasteiger charge is -2.25. The molecule has 1 aromatic carbocycles. The predicted molar refractivity (Wildman–Crippen MR) is 86.9 cm³/mol. The smallest absolute Gasteiger partial charge is 0.271 e. The Morgan fingerprint density at radius 1 is 1.30 bits per heavy atom. The van der Waals surface area contributed by atoms with E-state index in [1.54, 1.807) is 11.4 Å². The van der Waals surface area contributed by atoms with Crippen molar-refractivity contribution in [2.75, 3.05) is 17.1 Å². The average molecular weight is 353 g/mol. The molecular weight excluding hydrogens is 341 g/mol. The zero-order valence-electron chi connectivity index (χ0n) is 12.0. The van der Waals surface area contributed by atoms with Crippen LogP contribution >= 0.6 is 11.3 Å². The van der Waals surface area contributed by atoms with Crippen molar-refractivity contribution >= 4 is 38.7 Å². The summed E-state index contributed by atoms with van der Waals surface area (Å²) in [6, 6.07) is 6.67. The molecule has 23 heavy (non-hydrogen) atoms. The number of carbonyl (C=O) groups is 1. The number of sulfonamides is 1. The van der Waals surface area contributed by atoms with Crippen LogP contribution in [0.15, 0.2) is 40.8 Å². The molecule has 1 amide bonds. The van der Waals surface area contributed by atoms with Crippen molar-refractivity contribution in [3.05, 3.63) is 52.0 Å². The number of nitrogens with one attached hydrogen (secondary N) is 1. The molecule has 0 saturated heterocycles. The summed E-state index contributed by atoms with van der Waals surface area (Å²) in [5.74, 6) is -1.27. The van der Waals surface area contributed by atoms with Crippen molar-refractivity contribution < 1.29 is 17.6 Å². The molecule has 0 radical (unpaired) electrons. The normalized spacial score (nSPS) is 17.8. The van der Waals surface area contributed by atoms with E-state index < -0.39 is 21.7 Å². The Kier molecular flexibility index (Phi) is 3.90. The number of anilines is 1. The molecule has 0 aliphatic carbocycles. The molecule has 0 fully saturated rings. The van der Waals surface area contributed by atoms with Crippen molar-refractivity contribution in [3.63, 3.8) is 0 Å². The molecule has 0 atom stereocenters. The van der Waals surface area contributed by atoms with Gasteiger partial charge in [0.1, 0.15) is 11.6 Å². The van der Waals surface area contributed by atoms with E-state index in [4.69, 9.17) is 0 Å². The van der Waals surface area contributed by atoms with Crippen LogP contribution in [-0.4, -0.2) is 32.8 Å². The van der Waals surface area contributed by atoms with Gasteiger partial charge in [-0.1, -0.05) is 0 Å². The number of hydrazone groups is 1. The Bertz CT molecular complexity index is 888. The fourth-order valence-electron chi connectivity index (χ4n) is 2.12. The van der Waals surface area contributed by atoms with E-state index in [0.29, 0.717) is 10.6 Å². The third kappa shape index (κ3) is 2.97. The first-order chi connectivity index (χ1) is 10.9. The maximum absolute atomic E-state index is 12.8. The summed E-state index contributed by atoms with van der Waals surface area (Å²) in [6.07, 6.45) is 0. The number of amides is 1. The molecule has 2 heterocycles. The fourth-order valence-corrected chi connectivity index (χ4v) is 4.38. The van der Waals surface area contributed by atoms with Gasteiger partial charge in [-0.15, -0.1) is 11.3 Å². The SMILES string of the molecule is CN1c2ccsc2C(=NNC(=O)c2ccc(F)cc2)CS1(=O)=O. The van der Waals surface area contributed by atoms with Crippen LogP contribution in [0.25, 0.3) is 0 Å². The van der Waals surface area contributed by atoms with E-state index >= 15 is 0 Å². The summed E-state index contributed by atoms with van der Waals surface area (Å²) in [5, 5.41) is 5.72. The van der Waals surface area contributed by atoms with Crippen LogP contribution in [0.2, 0.25) is 0 Å². The second-order valence-corrected chi connectivity index (χ2v) is 7.78. The Labute approximate surface area is 136 Å². The molecule has 0 saturated carbocycles. The summed E-state index contributed by atoms with van der Waals surface area (Å²) in [4.78, 5) is 12.7. The van der Waals surface area contributed by atoms with E-state index in [1.165, 1.54) is 47.0 Å². The van der Waals surface area contributed by atoms with E-state index in [0.717, 1.165) is 0 Å².